The molecule has 0 aliphatic heterocycles. The first-order valence-corrected chi connectivity index (χ1v) is 9.50. The summed E-state index contributed by atoms with van der Waals surface area (Å²) in [5.74, 6) is 0.865. The van der Waals surface area contributed by atoms with Crippen LogP contribution in [0.1, 0.15) is 37.5 Å². The van der Waals surface area contributed by atoms with Crippen LogP contribution in [-0.2, 0) is 11.3 Å². The minimum atomic E-state index is -0.604. The molecule has 3 atom stereocenters. The number of benzene rings is 1. The molecule has 7 nitrogen and oxygen atoms in total. The van der Waals surface area contributed by atoms with Gasteiger partial charge >= 0.3 is 0 Å². The van der Waals surface area contributed by atoms with Crippen LogP contribution in [0, 0.1) is 6.92 Å². The van der Waals surface area contributed by atoms with E-state index in [1.54, 1.807) is 12.5 Å². The van der Waals surface area contributed by atoms with Gasteiger partial charge < -0.3 is 19.6 Å². The molecule has 2 N–H and O–H groups in total. The fourth-order valence-electron chi connectivity index (χ4n) is 4.08. The van der Waals surface area contributed by atoms with Crippen LogP contribution in [0.15, 0.2) is 43.0 Å². The van der Waals surface area contributed by atoms with Crippen molar-refractivity contribution in [1.29, 1.82) is 0 Å². The van der Waals surface area contributed by atoms with Crippen molar-refractivity contribution in [3.05, 3.63) is 48.8 Å². The Morgan fingerprint density at radius 3 is 3.00 bits per heavy atom. The van der Waals surface area contributed by atoms with Crippen LogP contribution >= 0.6 is 0 Å². The summed E-state index contributed by atoms with van der Waals surface area (Å²) < 4.78 is 4.00. The van der Waals surface area contributed by atoms with E-state index in [9.17, 15) is 9.90 Å². The molecule has 0 spiro atoms. The summed E-state index contributed by atoms with van der Waals surface area (Å²) in [5.41, 5.74) is 1.99. The number of hydrogen-bond donors (Lipinski definition) is 2. The normalized spacial score (nSPS) is 22.8. The van der Waals surface area contributed by atoms with E-state index in [1.165, 1.54) is 0 Å². The van der Waals surface area contributed by atoms with Gasteiger partial charge in [-0.2, -0.15) is 0 Å². The SMILES string of the molecule is Cc1nc2ccccc2n1CCC(=O)N[C@@H]1CCC[C@@H](n2ccnc2)[C@@H]1O. The second kappa shape index (κ2) is 7.52. The van der Waals surface area contributed by atoms with Gasteiger partial charge in [0, 0.05) is 25.4 Å². The first-order chi connectivity index (χ1) is 13.1. The zero-order valence-corrected chi connectivity index (χ0v) is 15.5. The second-order valence-corrected chi connectivity index (χ2v) is 7.22. The third kappa shape index (κ3) is 3.60. The highest BCUT2D eigenvalue weighted by Crippen LogP contribution is 2.29. The molecule has 1 saturated carbocycles. The maximum Gasteiger partial charge on any atom is 0.222 e. The standard InChI is InChI=1S/C20H25N5O2/c1-14-22-15-5-2-3-7-17(15)25(14)11-9-19(26)23-16-6-4-8-18(20(16)27)24-12-10-21-13-24/h2-3,5,7,10,12-13,16,18,20,27H,4,6,8-9,11H2,1H3,(H,23,26)/t16-,18-,20-/m1/s1. The van der Waals surface area contributed by atoms with Crippen molar-refractivity contribution in [2.45, 2.75) is 57.3 Å². The van der Waals surface area contributed by atoms with Crippen molar-refractivity contribution < 1.29 is 9.90 Å². The number of nitrogens with one attached hydrogen (secondary N) is 1. The van der Waals surface area contributed by atoms with Gasteiger partial charge in [0.2, 0.25) is 5.91 Å². The Morgan fingerprint density at radius 2 is 2.19 bits per heavy atom. The summed E-state index contributed by atoms with van der Waals surface area (Å²) in [7, 11) is 0. The van der Waals surface area contributed by atoms with Crippen molar-refractivity contribution in [2.24, 2.45) is 0 Å². The van der Waals surface area contributed by atoms with Gasteiger partial charge in [0.05, 0.1) is 35.5 Å². The predicted molar refractivity (Wildman–Crippen MR) is 102 cm³/mol. The number of carbonyl (C=O) groups excluding carboxylic acids is 1. The summed E-state index contributed by atoms with van der Waals surface area (Å²) in [5, 5.41) is 13.7. The molecular formula is C20H25N5O2. The lowest BCUT2D eigenvalue weighted by Gasteiger charge is -2.35. The van der Waals surface area contributed by atoms with Gasteiger partial charge in [-0.25, -0.2) is 9.97 Å². The zero-order chi connectivity index (χ0) is 18.8. The number of aliphatic hydroxyl groups excluding tert-OH is 1. The molecule has 1 aliphatic carbocycles. The Hall–Kier alpha value is -2.67. The fourth-order valence-corrected chi connectivity index (χ4v) is 4.08. The average molecular weight is 367 g/mol. The lowest BCUT2D eigenvalue weighted by atomic mass is 9.88. The smallest absolute Gasteiger partial charge is 0.222 e. The van der Waals surface area contributed by atoms with Gasteiger partial charge in [-0.05, 0) is 38.3 Å². The Balaban J connectivity index is 1.38. The van der Waals surface area contributed by atoms with Crippen LogP contribution in [0.3, 0.4) is 0 Å². The van der Waals surface area contributed by atoms with Crippen molar-refractivity contribution >= 4 is 16.9 Å². The Kier molecular flexibility index (Phi) is 4.94. The van der Waals surface area contributed by atoms with E-state index in [-0.39, 0.29) is 18.0 Å². The molecule has 0 bridgehead atoms. The van der Waals surface area contributed by atoms with Crippen LogP contribution in [0.5, 0.6) is 0 Å². The van der Waals surface area contributed by atoms with Crippen LogP contribution in [0.4, 0.5) is 0 Å². The predicted octanol–water partition coefficient (Wildman–Crippen LogP) is 2.20. The van der Waals surface area contributed by atoms with Crippen molar-refractivity contribution in [3.63, 3.8) is 0 Å². The number of aromatic nitrogens is 4. The second-order valence-electron chi connectivity index (χ2n) is 7.22. The molecule has 1 aliphatic rings. The molecule has 0 unspecified atom stereocenters. The number of carbonyl (C=O) groups is 1. The molecule has 7 heteroatoms. The molecule has 2 aromatic heterocycles. The highest BCUT2D eigenvalue weighted by molar-refractivity contribution is 5.78. The van der Waals surface area contributed by atoms with E-state index in [2.05, 4.69) is 19.9 Å². The van der Waals surface area contributed by atoms with Crippen LogP contribution < -0.4 is 5.32 Å². The number of rotatable bonds is 5. The molecule has 3 aromatic rings. The molecule has 1 fully saturated rings. The Bertz CT molecular complexity index is 918. The van der Waals surface area contributed by atoms with Crippen molar-refractivity contribution in [3.8, 4) is 0 Å². The number of nitrogens with zero attached hydrogens (tertiary/aromatic N) is 4. The summed E-state index contributed by atoms with van der Waals surface area (Å²) in [6.45, 7) is 2.53. The summed E-state index contributed by atoms with van der Waals surface area (Å²) >= 11 is 0. The molecular weight excluding hydrogens is 342 g/mol. The molecule has 4 rings (SSSR count). The first-order valence-electron chi connectivity index (χ1n) is 9.50. The lowest BCUT2D eigenvalue weighted by Crippen LogP contribution is -2.49. The summed E-state index contributed by atoms with van der Waals surface area (Å²) in [6.07, 6.45) is 7.72. The monoisotopic (exact) mass is 367 g/mol. The van der Waals surface area contributed by atoms with E-state index < -0.39 is 6.10 Å². The van der Waals surface area contributed by atoms with Crippen molar-refractivity contribution in [2.75, 3.05) is 0 Å². The third-order valence-electron chi connectivity index (χ3n) is 5.48. The molecule has 1 amide bonds. The number of amides is 1. The van der Waals surface area contributed by atoms with E-state index >= 15 is 0 Å². The van der Waals surface area contributed by atoms with Crippen LogP contribution in [-0.4, -0.2) is 42.3 Å². The molecule has 0 radical (unpaired) electrons. The van der Waals surface area contributed by atoms with Crippen molar-refractivity contribution in [1.82, 2.24) is 24.4 Å². The number of fused-ring (bicyclic) bond motifs is 1. The highest BCUT2D eigenvalue weighted by atomic mass is 16.3. The fraction of sp³-hybridized carbons (Fsp3) is 0.450. The minimum Gasteiger partial charge on any atom is -0.389 e. The number of aryl methyl sites for hydroxylation is 2. The molecule has 27 heavy (non-hydrogen) atoms. The lowest BCUT2D eigenvalue weighted by molar-refractivity contribution is -0.123. The molecule has 1 aromatic carbocycles. The largest absolute Gasteiger partial charge is 0.389 e. The van der Waals surface area contributed by atoms with E-state index in [0.29, 0.717) is 13.0 Å². The van der Waals surface area contributed by atoms with E-state index in [4.69, 9.17) is 0 Å². The summed E-state index contributed by atoms with van der Waals surface area (Å²) in [4.78, 5) is 21.1. The van der Waals surface area contributed by atoms with E-state index in [0.717, 1.165) is 36.1 Å². The van der Waals surface area contributed by atoms with Gasteiger partial charge in [0.15, 0.2) is 0 Å². The number of imidazole rings is 2. The van der Waals surface area contributed by atoms with Gasteiger partial charge in [0.1, 0.15) is 5.82 Å². The zero-order valence-electron chi connectivity index (χ0n) is 15.5. The summed E-state index contributed by atoms with van der Waals surface area (Å²) in [6, 6.07) is 7.69. The Labute approximate surface area is 158 Å². The maximum atomic E-state index is 12.5. The average Bonchev–Trinajstić information content (AvgIpc) is 3.29. The molecule has 2 heterocycles. The number of para-hydroxylation sites is 2. The Morgan fingerprint density at radius 1 is 1.33 bits per heavy atom. The van der Waals surface area contributed by atoms with Gasteiger partial charge in [-0.1, -0.05) is 12.1 Å². The first kappa shape index (κ1) is 17.7. The van der Waals surface area contributed by atoms with Gasteiger partial charge in [-0.15, -0.1) is 0 Å². The highest BCUT2D eigenvalue weighted by Gasteiger charge is 2.33. The maximum absolute atomic E-state index is 12.5. The van der Waals surface area contributed by atoms with E-state index in [1.807, 2.05) is 42.0 Å². The quantitative estimate of drug-likeness (QED) is 0.724. The third-order valence-corrected chi connectivity index (χ3v) is 5.48. The molecule has 0 saturated heterocycles. The van der Waals surface area contributed by atoms with Crippen LogP contribution in [0.2, 0.25) is 0 Å². The van der Waals surface area contributed by atoms with Crippen LogP contribution in [0.25, 0.3) is 11.0 Å². The number of hydrogen-bond acceptors (Lipinski definition) is 4. The molecule has 142 valence electrons. The minimum absolute atomic E-state index is 0.0358. The van der Waals surface area contributed by atoms with Gasteiger partial charge in [-0.3, -0.25) is 4.79 Å². The van der Waals surface area contributed by atoms with Gasteiger partial charge in [0.25, 0.3) is 0 Å². The number of aliphatic hydroxyl groups is 1. The topological polar surface area (TPSA) is 85.0 Å².